The number of benzene rings is 1. The number of hydrogen-bond donors (Lipinski definition) is 1. The number of aryl methyl sites for hydroxylation is 2. The van der Waals surface area contributed by atoms with Crippen molar-refractivity contribution in [2.24, 2.45) is 0 Å². The molecule has 0 aliphatic carbocycles. The standard InChI is InChI=1S/C13H15FN2O/c1-9-10(2)17-13(16-9)8-15-7-11-4-3-5-12(14)6-11/h3-6,15H,7-8H2,1-2H3. The number of hydrogen-bond acceptors (Lipinski definition) is 3. The summed E-state index contributed by atoms with van der Waals surface area (Å²) in [7, 11) is 0. The van der Waals surface area contributed by atoms with Gasteiger partial charge in [-0.05, 0) is 31.5 Å². The van der Waals surface area contributed by atoms with Crippen molar-refractivity contribution in [1.29, 1.82) is 0 Å². The third-order valence-corrected chi connectivity index (χ3v) is 2.57. The lowest BCUT2D eigenvalue weighted by molar-refractivity contribution is 0.448. The Labute approximate surface area is 99.7 Å². The summed E-state index contributed by atoms with van der Waals surface area (Å²) in [5.41, 5.74) is 1.82. The molecule has 17 heavy (non-hydrogen) atoms. The van der Waals surface area contributed by atoms with Crippen molar-refractivity contribution in [3.8, 4) is 0 Å². The topological polar surface area (TPSA) is 38.1 Å². The maximum atomic E-state index is 12.9. The first-order valence-electron chi connectivity index (χ1n) is 5.53. The lowest BCUT2D eigenvalue weighted by Gasteiger charge is -2.02. The Morgan fingerprint density at radius 3 is 2.76 bits per heavy atom. The second-order valence-corrected chi connectivity index (χ2v) is 3.98. The molecule has 0 atom stereocenters. The molecule has 0 saturated carbocycles. The maximum absolute atomic E-state index is 12.9. The number of halogens is 1. The predicted octanol–water partition coefficient (Wildman–Crippen LogP) is 2.72. The molecule has 1 heterocycles. The molecule has 2 rings (SSSR count). The summed E-state index contributed by atoms with van der Waals surface area (Å²) in [6.45, 7) is 4.94. The van der Waals surface area contributed by atoms with E-state index in [2.05, 4.69) is 10.3 Å². The zero-order valence-corrected chi connectivity index (χ0v) is 9.96. The smallest absolute Gasteiger partial charge is 0.208 e. The van der Waals surface area contributed by atoms with Gasteiger partial charge in [-0.3, -0.25) is 0 Å². The van der Waals surface area contributed by atoms with E-state index >= 15 is 0 Å². The molecule has 0 bridgehead atoms. The van der Waals surface area contributed by atoms with Crippen molar-refractivity contribution < 1.29 is 8.81 Å². The first-order chi connectivity index (χ1) is 8.15. The van der Waals surface area contributed by atoms with Crippen LogP contribution in [0, 0.1) is 19.7 Å². The van der Waals surface area contributed by atoms with E-state index in [4.69, 9.17) is 4.42 Å². The van der Waals surface area contributed by atoms with Gasteiger partial charge >= 0.3 is 0 Å². The Bertz CT molecular complexity index is 488. The Kier molecular flexibility index (Phi) is 3.54. The van der Waals surface area contributed by atoms with Crippen LogP contribution in [0.3, 0.4) is 0 Å². The highest BCUT2D eigenvalue weighted by Crippen LogP contribution is 2.08. The van der Waals surface area contributed by atoms with Crippen molar-refractivity contribution >= 4 is 0 Å². The molecule has 0 unspecified atom stereocenters. The molecule has 0 saturated heterocycles. The minimum absolute atomic E-state index is 0.216. The van der Waals surface area contributed by atoms with E-state index in [0.717, 1.165) is 17.0 Å². The zero-order chi connectivity index (χ0) is 12.3. The van der Waals surface area contributed by atoms with E-state index in [1.54, 1.807) is 6.07 Å². The van der Waals surface area contributed by atoms with Gasteiger partial charge in [-0.2, -0.15) is 0 Å². The van der Waals surface area contributed by atoms with Crippen molar-refractivity contribution in [2.45, 2.75) is 26.9 Å². The van der Waals surface area contributed by atoms with Gasteiger partial charge < -0.3 is 9.73 Å². The van der Waals surface area contributed by atoms with Crippen LogP contribution in [0.2, 0.25) is 0 Å². The summed E-state index contributed by atoms with van der Waals surface area (Å²) >= 11 is 0. The lowest BCUT2D eigenvalue weighted by Crippen LogP contribution is -2.13. The summed E-state index contributed by atoms with van der Waals surface area (Å²) in [6, 6.07) is 6.53. The minimum atomic E-state index is -0.216. The van der Waals surface area contributed by atoms with Gasteiger partial charge in [-0.1, -0.05) is 12.1 Å². The maximum Gasteiger partial charge on any atom is 0.208 e. The van der Waals surface area contributed by atoms with Gasteiger partial charge in [-0.15, -0.1) is 0 Å². The Hall–Kier alpha value is -1.68. The summed E-state index contributed by atoms with van der Waals surface area (Å²) in [5.74, 6) is 1.29. The Balaban J connectivity index is 1.87. The largest absolute Gasteiger partial charge is 0.444 e. The normalized spacial score (nSPS) is 10.8. The SMILES string of the molecule is Cc1nc(CNCc2cccc(F)c2)oc1C. The van der Waals surface area contributed by atoms with Crippen LogP contribution in [0.4, 0.5) is 4.39 Å². The molecule has 3 nitrogen and oxygen atoms in total. The summed E-state index contributed by atoms with van der Waals surface area (Å²) in [4.78, 5) is 4.26. The van der Waals surface area contributed by atoms with Crippen LogP contribution < -0.4 is 5.32 Å². The second-order valence-electron chi connectivity index (χ2n) is 3.98. The van der Waals surface area contributed by atoms with Gasteiger partial charge in [0.1, 0.15) is 11.6 Å². The summed E-state index contributed by atoms with van der Waals surface area (Å²) in [5, 5.41) is 3.16. The minimum Gasteiger partial charge on any atom is -0.444 e. The molecular weight excluding hydrogens is 219 g/mol. The molecule has 1 aromatic carbocycles. The highest BCUT2D eigenvalue weighted by Gasteiger charge is 2.04. The molecule has 0 aliphatic rings. The summed E-state index contributed by atoms with van der Waals surface area (Å²) in [6.07, 6.45) is 0. The number of oxazole rings is 1. The van der Waals surface area contributed by atoms with Crippen molar-refractivity contribution in [2.75, 3.05) is 0 Å². The molecule has 4 heteroatoms. The van der Waals surface area contributed by atoms with E-state index in [9.17, 15) is 4.39 Å². The van der Waals surface area contributed by atoms with E-state index in [-0.39, 0.29) is 5.82 Å². The summed E-state index contributed by atoms with van der Waals surface area (Å²) < 4.78 is 18.3. The molecule has 0 spiro atoms. The third kappa shape index (κ3) is 3.14. The highest BCUT2D eigenvalue weighted by atomic mass is 19.1. The molecule has 1 N–H and O–H groups in total. The number of nitrogens with zero attached hydrogens (tertiary/aromatic N) is 1. The monoisotopic (exact) mass is 234 g/mol. The zero-order valence-electron chi connectivity index (χ0n) is 9.96. The van der Waals surface area contributed by atoms with Gasteiger partial charge in [0.25, 0.3) is 0 Å². The number of aromatic nitrogens is 1. The predicted molar refractivity (Wildman–Crippen MR) is 62.9 cm³/mol. The van der Waals surface area contributed by atoms with Crippen LogP contribution in [0.1, 0.15) is 22.9 Å². The fourth-order valence-corrected chi connectivity index (χ4v) is 1.58. The fraction of sp³-hybridized carbons (Fsp3) is 0.308. The number of rotatable bonds is 4. The van der Waals surface area contributed by atoms with Gasteiger partial charge in [-0.25, -0.2) is 9.37 Å². The lowest BCUT2D eigenvalue weighted by atomic mass is 10.2. The highest BCUT2D eigenvalue weighted by molar-refractivity contribution is 5.16. The van der Waals surface area contributed by atoms with Crippen LogP contribution in [0.25, 0.3) is 0 Å². The number of nitrogens with one attached hydrogen (secondary N) is 1. The Morgan fingerprint density at radius 1 is 1.29 bits per heavy atom. The second kappa shape index (κ2) is 5.10. The van der Waals surface area contributed by atoms with Crippen LogP contribution in [-0.4, -0.2) is 4.98 Å². The van der Waals surface area contributed by atoms with Gasteiger partial charge in [0, 0.05) is 6.54 Å². The van der Waals surface area contributed by atoms with Crippen LogP contribution in [-0.2, 0) is 13.1 Å². The van der Waals surface area contributed by atoms with E-state index in [1.807, 2.05) is 19.9 Å². The van der Waals surface area contributed by atoms with E-state index in [1.165, 1.54) is 12.1 Å². The third-order valence-electron chi connectivity index (χ3n) is 2.57. The molecular formula is C13H15FN2O. The van der Waals surface area contributed by atoms with Gasteiger partial charge in [0.05, 0.1) is 12.2 Å². The average molecular weight is 234 g/mol. The van der Waals surface area contributed by atoms with Crippen molar-refractivity contribution in [3.63, 3.8) is 0 Å². The van der Waals surface area contributed by atoms with Crippen LogP contribution >= 0.6 is 0 Å². The van der Waals surface area contributed by atoms with E-state index in [0.29, 0.717) is 19.0 Å². The molecule has 90 valence electrons. The molecule has 2 aromatic rings. The molecule has 0 fully saturated rings. The van der Waals surface area contributed by atoms with Crippen LogP contribution in [0.15, 0.2) is 28.7 Å². The molecule has 0 aliphatic heterocycles. The van der Waals surface area contributed by atoms with Crippen molar-refractivity contribution in [1.82, 2.24) is 10.3 Å². The fourth-order valence-electron chi connectivity index (χ4n) is 1.58. The first kappa shape index (κ1) is 11.8. The van der Waals surface area contributed by atoms with E-state index < -0.39 is 0 Å². The molecule has 0 amide bonds. The Morgan fingerprint density at radius 2 is 2.12 bits per heavy atom. The molecule has 0 radical (unpaired) electrons. The van der Waals surface area contributed by atoms with Gasteiger partial charge in [0.15, 0.2) is 0 Å². The quantitative estimate of drug-likeness (QED) is 0.883. The van der Waals surface area contributed by atoms with Crippen LogP contribution in [0.5, 0.6) is 0 Å². The molecule has 1 aromatic heterocycles. The average Bonchev–Trinajstić information content (AvgIpc) is 2.58. The van der Waals surface area contributed by atoms with Crippen molar-refractivity contribution in [3.05, 3.63) is 53.0 Å². The first-order valence-corrected chi connectivity index (χ1v) is 5.53. The van der Waals surface area contributed by atoms with Gasteiger partial charge in [0.2, 0.25) is 5.89 Å².